The molecule has 2 unspecified atom stereocenters. The zero-order valence-corrected chi connectivity index (χ0v) is 22.5. The Morgan fingerprint density at radius 1 is 1.11 bits per heavy atom. The molecule has 2 saturated heterocycles. The molecule has 2 aliphatic heterocycles. The van der Waals surface area contributed by atoms with Crippen LogP contribution in [-0.2, 0) is 4.74 Å². The molecule has 0 aliphatic carbocycles. The van der Waals surface area contributed by atoms with Crippen LogP contribution < -0.4 is 9.64 Å². The van der Waals surface area contributed by atoms with E-state index in [2.05, 4.69) is 15.1 Å². The Hall–Kier alpha value is -3.47. The summed E-state index contributed by atoms with van der Waals surface area (Å²) in [5.74, 6) is 0.815. The van der Waals surface area contributed by atoms with Crippen molar-refractivity contribution < 1.29 is 23.8 Å². The maximum atomic E-state index is 15.5. The number of likely N-dealkylation sites (tertiary alicyclic amines) is 1. The van der Waals surface area contributed by atoms with E-state index in [1.54, 1.807) is 31.6 Å². The van der Waals surface area contributed by atoms with Crippen molar-refractivity contribution in [2.24, 2.45) is 0 Å². The largest absolute Gasteiger partial charge is 0.467 e. The summed E-state index contributed by atoms with van der Waals surface area (Å²) >= 11 is 0. The zero-order valence-electron chi connectivity index (χ0n) is 22.5. The lowest BCUT2D eigenvalue weighted by atomic mass is 9.85. The van der Waals surface area contributed by atoms with Crippen LogP contribution in [-0.4, -0.2) is 87.0 Å². The minimum absolute atomic E-state index is 0.00945. The Balaban J connectivity index is 1.45. The van der Waals surface area contributed by atoms with Crippen LogP contribution in [0.2, 0.25) is 0 Å². The van der Waals surface area contributed by atoms with E-state index in [9.17, 15) is 9.90 Å². The average molecular weight is 527 g/mol. The summed E-state index contributed by atoms with van der Waals surface area (Å²) < 4.78 is 28.0. The van der Waals surface area contributed by atoms with E-state index in [0.717, 1.165) is 22.0 Å². The van der Waals surface area contributed by atoms with Gasteiger partial charge in [-0.05, 0) is 63.8 Å². The van der Waals surface area contributed by atoms with E-state index in [1.807, 2.05) is 30.0 Å². The van der Waals surface area contributed by atoms with Gasteiger partial charge in [0.25, 0.3) is 0 Å². The normalized spacial score (nSPS) is 22.2. The minimum atomic E-state index is -1.23. The number of halogens is 1. The first-order valence-electron chi connectivity index (χ1n) is 13.0. The molecule has 2 fully saturated rings. The number of carbonyl (C=O) groups is 1. The molecule has 204 valence electrons. The SMILES string of the molecule is COc1nc(N2CC[C@H](O)C2)cc(-n2ncc3cc(C)c(C4CCN(C(=O)OC(C)(C)C)CC4F)cc32)n1. The molecule has 38 heavy (non-hydrogen) atoms. The smallest absolute Gasteiger partial charge is 0.410 e. The van der Waals surface area contributed by atoms with Crippen LogP contribution in [0.5, 0.6) is 6.01 Å². The highest BCUT2D eigenvalue weighted by molar-refractivity contribution is 5.82. The van der Waals surface area contributed by atoms with Gasteiger partial charge in [-0.15, -0.1) is 0 Å². The summed E-state index contributed by atoms with van der Waals surface area (Å²) in [5, 5.41) is 15.5. The summed E-state index contributed by atoms with van der Waals surface area (Å²) in [6.45, 7) is 8.97. The number of nitrogens with zero attached hydrogens (tertiary/aromatic N) is 6. The number of piperidine rings is 1. The van der Waals surface area contributed by atoms with Gasteiger partial charge in [0.1, 0.15) is 17.6 Å². The first-order chi connectivity index (χ1) is 18.0. The third kappa shape index (κ3) is 5.24. The molecule has 1 N–H and O–H groups in total. The fourth-order valence-corrected chi connectivity index (χ4v) is 5.25. The van der Waals surface area contributed by atoms with Crippen molar-refractivity contribution in [2.45, 2.75) is 64.3 Å². The number of methoxy groups -OCH3 is 1. The number of benzene rings is 1. The van der Waals surface area contributed by atoms with Crippen molar-refractivity contribution in [3.05, 3.63) is 35.5 Å². The number of rotatable bonds is 4. The first kappa shape index (κ1) is 26.1. The summed E-state index contributed by atoms with van der Waals surface area (Å²) in [6.07, 6.45) is 0.818. The summed E-state index contributed by atoms with van der Waals surface area (Å²) in [4.78, 5) is 24.9. The zero-order chi connectivity index (χ0) is 27.2. The van der Waals surface area contributed by atoms with Crippen molar-refractivity contribution >= 4 is 22.8 Å². The van der Waals surface area contributed by atoms with Crippen molar-refractivity contribution in [3.8, 4) is 11.8 Å². The van der Waals surface area contributed by atoms with E-state index in [0.29, 0.717) is 44.1 Å². The minimum Gasteiger partial charge on any atom is -0.467 e. The van der Waals surface area contributed by atoms with Crippen molar-refractivity contribution in [1.29, 1.82) is 0 Å². The van der Waals surface area contributed by atoms with Crippen LogP contribution in [0.25, 0.3) is 16.7 Å². The number of carbonyl (C=O) groups excluding carboxylic acids is 1. The molecule has 2 aliphatic rings. The highest BCUT2D eigenvalue weighted by atomic mass is 19.1. The number of hydrogen-bond acceptors (Lipinski definition) is 8. The molecular weight excluding hydrogens is 491 g/mol. The fourth-order valence-electron chi connectivity index (χ4n) is 5.25. The molecule has 5 rings (SSSR count). The molecule has 11 heteroatoms. The number of fused-ring (bicyclic) bond motifs is 1. The van der Waals surface area contributed by atoms with E-state index in [4.69, 9.17) is 9.47 Å². The van der Waals surface area contributed by atoms with Crippen LogP contribution in [0.4, 0.5) is 15.0 Å². The number of aliphatic hydroxyl groups is 1. The third-order valence-electron chi connectivity index (χ3n) is 7.11. The van der Waals surface area contributed by atoms with Crippen LogP contribution >= 0.6 is 0 Å². The maximum absolute atomic E-state index is 15.5. The van der Waals surface area contributed by atoms with Crippen molar-refractivity contribution in [3.63, 3.8) is 0 Å². The highest BCUT2D eigenvalue weighted by Gasteiger charge is 2.35. The van der Waals surface area contributed by atoms with Crippen LogP contribution in [0, 0.1) is 6.92 Å². The van der Waals surface area contributed by atoms with Crippen LogP contribution in [0.15, 0.2) is 24.4 Å². The number of ether oxygens (including phenoxy) is 2. The lowest BCUT2D eigenvalue weighted by molar-refractivity contribution is 0.0111. The monoisotopic (exact) mass is 526 g/mol. The molecule has 3 aromatic rings. The van der Waals surface area contributed by atoms with Gasteiger partial charge in [-0.25, -0.2) is 13.9 Å². The van der Waals surface area contributed by atoms with Gasteiger partial charge in [-0.2, -0.15) is 15.1 Å². The molecule has 0 bridgehead atoms. The number of aryl methyl sites for hydroxylation is 1. The quantitative estimate of drug-likeness (QED) is 0.548. The topological polar surface area (TPSA) is 106 Å². The van der Waals surface area contributed by atoms with Gasteiger partial charge in [-0.1, -0.05) is 0 Å². The average Bonchev–Trinajstić information content (AvgIpc) is 3.48. The molecule has 3 atom stereocenters. The highest BCUT2D eigenvalue weighted by Crippen LogP contribution is 2.36. The van der Waals surface area contributed by atoms with Crippen molar-refractivity contribution in [1.82, 2.24) is 24.6 Å². The molecule has 2 aromatic heterocycles. The molecule has 0 radical (unpaired) electrons. The Labute approximate surface area is 221 Å². The summed E-state index contributed by atoms with van der Waals surface area (Å²) in [6, 6.07) is 6.01. The second-order valence-electron chi connectivity index (χ2n) is 11.1. The predicted octanol–water partition coefficient (Wildman–Crippen LogP) is 3.77. The number of β-amino-alcohol motifs (C(OH)–C–C–N with tert-alkyl or cyclic N) is 1. The first-order valence-corrected chi connectivity index (χ1v) is 13.0. The molecular formula is C27H35FN6O4. The number of aromatic nitrogens is 4. The number of anilines is 1. The van der Waals surface area contributed by atoms with Crippen LogP contribution in [0.3, 0.4) is 0 Å². The van der Waals surface area contributed by atoms with Gasteiger partial charge in [0, 0.05) is 37.0 Å². The second-order valence-corrected chi connectivity index (χ2v) is 11.1. The summed E-state index contributed by atoms with van der Waals surface area (Å²) in [7, 11) is 1.51. The second kappa shape index (κ2) is 10.0. The molecule has 0 spiro atoms. The molecule has 1 amide bonds. The molecule has 4 heterocycles. The predicted molar refractivity (Wildman–Crippen MR) is 141 cm³/mol. The van der Waals surface area contributed by atoms with Gasteiger partial charge < -0.3 is 24.4 Å². The third-order valence-corrected chi connectivity index (χ3v) is 7.11. The van der Waals surface area contributed by atoms with Crippen molar-refractivity contribution in [2.75, 3.05) is 38.2 Å². The fraction of sp³-hybridized carbons (Fsp3) is 0.556. The van der Waals surface area contributed by atoms with E-state index < -0.39 is 24.0 Å². The lowest BCUT2D eigenvalue weighted by Crippen LogP contribution is -2.46. The van der Waals surface area contributed by atoms with Gasteiger partial charge >= 0.3 is 12.1 Å². The van der Waals surface area contributed by atoms with Gasteiger partial charge in [0.2, 0.25) is 0 Å². The number of amides is 1. The van der Waals surface area contributed by atoms with Crippen LogP contribution in [0.1, 0.15) is 50.7 Å². The van der Waals surface area contributed by atoms with E-state index in [1.165, 1.54) is 12.0 Å². The lowest BCUT2D eigenvalue weighted by Gasteiger charge is -2.36. The number of alkyl halides is 1. The molecule has 0 saturated carbocycles. The Morgan fingerprint density at radius 3 is 2.53 bits per heavy atom. The Morgan fingerprint density at radius 2 is 1.87 bits per heavy atom. The number of hydrogen-bond donors (Lipinski definition) is 1. The standard InChI is InChI=1S/C27H35FN6O4/c1-16-10-17-13-29-34(24-12-23(30-25(31-24)37-5)32-8-6-18(35)14-32)22(17)11-20(16)19-7-9-33(15-21(19)28)26(36)38-27(2,3)4/h10-13,18-19,21,35H,6-9,14-15H2,1-5H3/t18-,19?,21?/m0/s1. The Kier molecular flexibility index (Phi) is 6.89. The van der Waals surface area contributed by atoms with E-state index in [-0.39, 0.29) is 18.5 Å². The molecule has 10 nitrogen and oxygen atoms in total. The number of aliphatic hydroxyl groups excluding tert-OH is 1. The Bertz CT molecular complexity index is 1340. The van der Waals surface area contributed by atoms with Gasteiger partial charge in [-0.3, -0.25) is 0 Å². The van der Waals surface area contributed by atoms with Gasteiger partial charge in [0.05, 0.1) is 31.5 Å². The van der Waals surface area contributed by atoms with Gasteiger partial charge in [0.15, 0.2) is 5.82 Å². The van der Waals surface area contributed by atoms with E-state index >= 15 is 4.39 Å². The maximum Gasteiger partial charge on any atom is 0.410 e. The molecule has 1 aromatic carbocycles. The summed E-state index contributed by atoms with van der Waals surface area (Å²) in [5.41, 5.74) is 2.03.